The lowest BCUT2D eigenvalue weighted by molar-refractivity contribution is -0.112. The van der Waals surface area contributed by atoms with Gasteiger partial charge in [-0.2, -0.15) is 0 Å². The van der Waals surface area contributed by atoms with E-state index < -0.39 is 11.7 Å². The van der Waals surface area contributed by atoms with E-state index in [-0.39, 0.29) is 6.10 Å². The minimum atomic E-state index is -0.539. The molecule has 20 heavy (non-hydrogen) atoms. The number of hydrogen-bond donors (Lipinski definition) is 1. The normalized spacial score (nSPS) is 21.9. The predicted molar refractivity (Wildman–Crippen MR) is 76.3 cm³/mol. The van der Waals surface area contributed by atoms with Gasteiger partial charge in [-0.3, -0.25) is 9.59 Å². The molecular weight excluding hydrogens is 256 g/mol. The number of benzene rings is 1. The Morgan fingerprint density at radius 2 is 2.25 bits per heavy atom. The second-order valence-corrected chi connectivity index (χ2v) is 5.18. The molecule has 1 unspecified atom stereocenters. The molecule has 1 saturated heterocycles. The smallest absolute Gasteiger partial charge is 0.296 e. The maximum absolute atomic E-state index is 11.6. The van der Waals surface area contributed by atoms with Crippen molar-refractivity contribution in [2.24, 2.45) is 0 Å². The molecule has 0 spiro atoms. The zero-order chi connectivity index (χ0) is 14.1. The van der Waals surface area contributed by atoms with Crippen LogP contribution in [0.2, 0.25) is 0 Å². The van der Waals surface area contributed by atoms with Gasteiger partial charge >= 0.3 is 0 Å². The molecule has 5 heteroatoms. The summed E-state index contributed by atoms with van der Waals surface area (Å²) in [6.45, 7) is 4.57. The second-order valence-electron chi connectivity index (χ2n) is 5.18. The number of anilines is 2. The summed E-state index contributed by atoms with van der Waals surface area (Å²) >= 11 is 0. The number of fused-ring (bicyclic) bond motifs is 1. The van der Waals surface area contributed by atoms with Crippen molar-refractivity contribution in [3.05, 3.63) is 23.8 Å². The Balaban J connectivity index is 1.80. The van der Waals surface area contributed by atoms with E-state index in [1.807, 2.05) is 19.1 Å². The summed E-state index contributed by atoms with van der Waals surface area (Å²) in [5.41, 5.74) is 2.12. The number of piperidine rings is 1. The molecule has 0 saturated carbocycles. The predicted octanol–water partition coefficient (Wildman–Crippen LogP) is 1.83. The van der Waals surface area contributed by atoms with Gasteiger partial charge in [-0.1, -0.05) is 0 Å². The van der Waals surface area contributed by atoms with Gasteiger partial charge in [0.1, 0.15) is 0 Å². The van der Waals surface area contributed by atoms with Gasteiger partial charge in [0, 0.05) is 25.4 Å². The first-order chi connectivity index (χ1) is 9.69. The summed E-state index contributed by atoms with van der Waals surface area (Å²) in [6, 6.07) is 5.52. The van der Waals surface area contributed by atoms with Crippen LogP contribution in [-0.4, -0.2) is 37.5 Å². The van der Waals surface area contributed by atoms with Crippen molar-refractivity contribution in [3.63, 3.8) is 0 Å². The Kier molecular flexibility index (Phi) is 3.44. The highest BCUT2D eigenvalue weighted by molar-refractivity contribution is 6.51. The molecule has 0 aromatic heterocycles. The highest BCUT2D eigenvalue weighted by Crippen LogP contribution is 2.30. The maximum Gasteiger partial charge on any atom is 0.296 e. The van der Waals surface area contributed by atoms with E-state index in [4.69, 9.17) is 4.74 Å². The van der Waals surface area contributed by atoms with Crippen LogP contribution in [0, 0.1) is 0 Å². The molecule has 0 radical (unpaired) electrons. The van der Waals surface area contributed by atoms with Gasteiger partial charge in [0.2, 0.25) is 0 Å². The monoisotopic (exact) mass is 274 g/mol. The highest BCUT2D eigenvalue weighted by Gasteiger charge is 2.29. The maximum atomic E-state index is 11.6. The number of rotatable bonds is 3. The lowest BCUT2D eigenvalue weighted by Crippen LogP contribution is -2.39. The Bertz CT molecular complexity index is 554. The minimum absolute atomic E-state index is 0.262. The summed E-state index contributed by atoms with van der Waals surface area (Å²) in [5, 5.41) is 2.62. The molecule has 0 bridgehead atoms. The van der Waals surface area contributed by atoms with Gasteiger partial charge in [0.05, 0.1) is 17.4 Å². The van der Waals surface area contributed by atoms with Crippen LogP contribution in [0.25, 0.3) is 0 Å². The lowest BCUT2D eigenvalue weighted by Gasteiger charge is -2.34. The average molecular weight is 274 g/mol. The van der Waals surface area contributed by atoms with E-state index in [1.165, 1.54) is 0 Å². The summed E-state index contributed by atoms with van der Waals surface area (Å²) in [4.78, 5) is 25.2. The van der Waals surface area contributed by atoms with E-state index in [0.29, 0.717) is 11.3 Å². The van der Waals surface area contributed by atoms with Crippen LogP contribution in [0.3, 0.4) is 0 Å². The van der Waals surface area contributed by atoms with Crippen LogP contribution < -0.4 is 10.2 Å². The quantitative estimate of drug-likeness (QED) is 0.854. The molecule has 2 aliphatic rings. The fraction of sp³-hybridized carbons (Fsp3) is 0.467. The van der Waals surface area contributed by atoms with Crippen molar-refractivity contribution in [2.45, 2.75) is 25.9 Å². The first kappa shape index (κ1) is 13.1. The Hall–Kier alpha value is -1.88. The fourth-order valence-electron chi connectivity index (χ4n) is 2.88. The van der Waals surface area contributed by atoms with Gasteiger partial charge < -0.3 is 15.0 Å². The summed E-state index contributed by atoms with van der Waals surface area (Å²) in [7, 11) is 0. The molecule has 2 aliphatic heterocycles. The van der Waals surface area contributed by atoms with Crippen LogP contribution >= 0.6 is 0 Å². The van der Waals surface area contributed by atoms with E-state index in [9.17, 15) is 9.59 Å². The third-order valence-electron chi connectivity index (χ3n) is 3.85. The van der Waals surface area contributed by atoms with Gasteiger partial charge in [-0.15, -0.1) is 0 Å². The Morgan fingerprint density at radius 3 is 3.05 bits per heavy atom. The third-order valence-corrected chi connectivity index (χ3v) is 3.85. The van der Waals surface area contributed by atoms with E-state index >= 15 is 0 Å². The van der Waals surface area contributed by atoms with Gasteiger partial charge in [-0.05, 0) is 38.0 Å². The number of hydrogen-bond acceptors (Lipinski definition) is 4. The molecule has 0 aliphatic carbocycles. The van der Waals surface area contributed by atoms with Gasteiger partial charge in [0.25, 0.3) is 11.7 Å². The molecule has 1 aromatic carbocycles. The molecule has 2 heterocycles. The molecule has 1 amide bonds. The van der Waals surface area contributed by atoms with Crippen molar-refractivity contribution >= 4 is 23.1 Å². The van der Waals surface area contributed by atoms with E-state index in [2.05, 4.69) is 10.2 Å². The summed E-state index contributed by atoms with van der Waals surface area (Å²) in [5.74, 6) is -0.986. The Morgan fingerprint density at radius 1 is 1.40 bits per heavy atom. The third kappa shape index (κ3) is 2.29. The first-order valence-electron chi connectivity index (χ1n) is 7.05. The van der Waals surface area contributed by atoms with Gasteiger partial charge in [-0.25, -0.2) is 0 Å². The number of amides is 1. The average Bonchev–Trinajstić information content (AvgIpc) is 2.74. The molecular formula is C15H18N2O3. The standard InChI is InChI=1S/C15H18N2O3/c1-2-20-11-4-3-7-17(9-11)10-5-6-12-13(8-10)16-15(19)14(12)18/h5-6,8,11H,2-4,7,9H2,1H3,(H,16,18,19). The van der Waals surface area contributed by atoms with Crippen molar-refractivity contribution in [2.75, 3.05) is 29.9 Å². The van der Waals surface area contributed by atoms with E-state index in [1.54, 1.807) is 6.07 Å². The number of ketones is 1. The number of ether oxygens (including phenoxy) is 1. The first-order valence-corrected chi connectivity index (χ1v) is 7.05. The molecule has 1 atom stereocenters. The zero-order valence-corrected chi connectivity index (χ0v) is 11.5. The molecule has 3 rings (SSSR count). The van der Waals surface area contributed by atoms with Crippen molar-refractivity contribution in [1.82, 2.24) is 0 Å². The second kappa shape index (κ2) is 5.25. The van der Waals surface area contributed by atoms with Crippen molar-refractivity contribution < 1.29 is 14.3 Å². The largest absolute Gasteiger partial charge is 0.377 e. The minimum Gasteiger partial charge on any atom is -0.377 e. The number of carbonyl (C=O) groups excluding carboxylic acids is 2. The van der Waals surface area contributed by atoms with Crippen LogP contribution in [-0.2, 0) is 9.53 Å². The highest BCUT2D eigenvalue weighted by atomic mass is 16.5. The van der Waals surface area contributed by atoms with Crippen LogP contribution in [0.4, 0.5) is 11.4 Å². The molecule has 1 aromatic rings. The van der Waals surface area contributed by atoms with Crippen molar-refractivity contribution in [3.8, 4) is 0 Å². The lowest BCUT2D eigenvalue weighted by atomic mass is 10.1. The van der Waals surface area contributed by atoms with Crippen LogP contribution in [0.1, 0.15) is 30.1 Å². The van der Waals surface area contributed by atoms with Crippen molar-refractivity contribution in [1.29, 1.82) is 0 Å². The summed E-state index contributed by atoms with van der Waals surface area (Å²) in [6.07, 6.45) is 2.44. The van der Waals surface area contributed by atoms with Gasteiger partial charge in [0.15, 0.2) is 0 Å². The number of nitrogens with one attached hydrogen (secondary N) is 1. The molecule has 106 valence electrons. The van der Waals surface area contributed by atoms with Crippen LogP contribution in [0.5, 0.6) is 0 Å². The molecule has 5 nitrogen and oxygen atoms in total. The number of nitrogens with zero attached hydrogens (tertiary/aromatic N) is 1. The van der Waals surface area contributed by atoms with E-state index in [0.717, 1.165) is 38.2 Å². The Labute approximate surface area is 117 Å². The number of Topliss-reactive ketones (excluding diaryl/α,β-unsaturated/α-hetero) is 1. The van der Waals surface area contributed by atoms with Crippen LogP contribution in [0.15, 0.2) is 18.2 Å². The molecule has 1 N–H and O–H groups in total. The number of carbonyl (C=O) groups is 2. The SMILES string of the molecule is CCOC1CCCN(c2ccc3c(c2)NC(=O)C3=O)C1. The zero-order valence-electron chi connectivity index (χ0n) is 11.5. The molecule has 1 fully saturated rings. The topological polar surface area (TPSA) is 58.6 Å². The fourth-order valence-corrected chi connectivity index (χ4v) is 2.88. The summed E-state index contributed by atoms with van der Waals surface area (Å²) < 4.78 is 5.70.